The predicted octanol–water partition coefficient (Wildman–Crippen LogP) is 1.94. The van der Waals surface area contributed by atoms with Crippen LogP contribution in [0.2, 0.25) is 0 Å². The Bertz CT molecular complexity index is 1170. The molecule has 0 fully saturated rings. The van der Waals surface area contributed by atoms with Crippen LogP contribution in [-0.2, 0) is 14.8 Å². The number of carbonyl (C=O) groups excluding carboxylic acids is 1. The summed E-state index contributed by atoms with van der Waals surface area (Å²) in [7, 11) is -3.96. The lowest BCUT2D eigenvalue weighted by atomic mass is 10.2. The molecule has 0 atom stereocenters. The number of carbonyl (C=O) groups is 1. The number of sulfonamides is 1. The van der Waals surface area contributed by atoms with Gasteiger partial charge in [0.2, 0.25) is 5.91 Å². The maximum atomic E-state index is 13.1. The van der Waals surface area contributed by atoms with Crippen LogP contribution in [0.3, 0.4) is 0 Å². The van der Waals surface area contributed by atoms with Crippen LogP contribution in [0.5, 0.6) is 0 Å². The molecule has 1 aliphatic rings. The minimum Gasteiger partial charge on any atom is -0.423 e. The highest BCUT2D eigenvalue weighted by Crippen LogP contribution is 2.33. The Balaban J connectivity index is 1.86. The van der Waals surface area contributed by atoms with Crippen LogP contribution in [0.15, 0.2) is 68.7 Å². The lowest BCUT2D eigenvalue weighted by Gasteiger charge is -2.30. The van der Waals surface area contributed by atoms with E-state index in [0.29, 0.717) is 22.3 Å². The molecule has 7 nitrogen and oxygen atoms in total. The first kappa shape index (κ1) is 15.4. The summed E-state index contributed by atoms with van der Waals surface area (Å²) in [6, 6.07) is 13.6. The summed E-state index contributed by atoms with van der Waals surface area (Å²) >= 11 is 0. The molecular weight excluding hydrogens is 344 g/mol. The van der Waals surface area contributed by atoms with Gasteiger partial charge in [-0.25, -0.2) is 13.2 Å². The van der Waals surface area contributed by atoms with E-state index >= 15 is 0 Å². The number of hydrogen-bond acceptors (Lipinski definition) is 5. The normalized spacial score (nSPS) is 14.2. The van der Waals surface area contributed by atoms with Crippen LogP contribution in [0.25, 0.3) is 11.0 Å². The molecule has 4 rings (SSSR count). The zero-order valence-electron chi connectivity index (χ0n) is 12.8. The molecule has 0 saturated heterocycles. The summed E-state index contributed by atoms with van der Waals surface area (Å²) in [5, 5.41) is 3.14. The fourth-order valence-corrected chi connectivity index (χ4v) is 4.23. The van der Waals surface area contributed by atoms with E-state index in [4.69, 9.17) is 4.42 Å². The molecule has 126 valence electrons. The fraction of sp³-hybridized carbons (Fsp3) is 0.0588. The Morgan fingerprint density at radius 2 is 1.80 bits per heavy atom. The number of anilines is 2. The molecule has 1 aliphatic heterocycles. The molecule has 1 N–H and O–H groups in total. The van der Waals surface area contributed by atoms with Crippen molar-refractivity contribution >= 4 is 38.3 Å². The summed E-state index contributed by atoms with van der Waals surface area (Å²) in [5.74, 6) is -0.408. The van der Waals surface area contributed by atoms with Crippen molar-refractivity contribution in [2.45, 2.75) is 4.90 Å². The molecule has 3 aromatic rings. The molecule has 0 unspecified atom stereocenters. The van der Waals surface area contributed by atoms with Gasteiger partial charge in [-0.3, -0.25) is 9.10 Å². The molecule has 0 radical (unpaired) electrons. The van der Waals surface area contributed by atoms with Gasteiger partial charge < -0.3 is 9.73 Å². The number of benzene rings is 2. The van der Waals surface area contributed by atoms with Crippen LogP contribution < -0.4 is 15.2 Å². The Labute approximate surface area is 142 Å². The highest BCUT2D eigenvalue weighted by molar-refractivity contribution is 7.93. The third-order valence-electron chi connectivity index (χ3n) is 3.91. The number of amides is 1. The maximum Gasteiger partial charge on any atom is 0.336 e. The van der Waals surface area contributed by atoms with Crippen molar-refractivity contribution in [2.24, 2.45) is 0 Å². The van der Waals surface area contributed by atoms with Gasteiger partial charge in [0.05, 0.1) is 16.3 Å². The molecule has 2 aromatic carbocycles. The average Bonchev–Trinajstić information content (AvgIpc) is 2.60. The van der Waals surface area contributed by atoms with Gasteiger partial charge in [0.1, 0.15) is 12.1 Å². The molecule has 1 amide bonds. The largest absolute Gasteiger partial charge is 0.423 e. The summed E-state index contributed by atoms with van der Waals surface area (Å²) in [6.45, 7) is -0.304. The Morgan fingerprint density at radius 1 is 1.00 bits per heavy atom. The van der Waals surface area contributed by atoms with Crippen molar-refractivity contribution in [3.8, 4) is 0 Å². The molecule has 1 aromatic heterocycles. The van der Waals surface area contributed by atoms with E-state index in [9.17, 15) is 18.0 Å². The number of para-hydroxylation sites is 2. The topological polar surface area (TPSA) is 96.7 Å². The lowest BCUT2D eigenvalue weighted by molar-refractivity contribution is -0.115. The summed E-state index contributed by atoms with van der Waals surface area (Å²) in [4.78, 5) is 23.2. The zero-order chi connectivity index (χ0) is 17.6. The number of nitrogens with one attached hydrogen (secondary N) is 1. The molecule has 0 aliphatic carbocycles. The van der Waals surface area contributed by atoms with Crippen LogP contribution in [0, 0.1) is 0 Å². The summed E-state index contributed by atoms with van der Waals surface area (Å²) in [6.07, 6.45) is 0. The van der Waals surface area contributed by atoms with Crippen molar-refractivity contribution in [2.75, 3.05) is 16.2 Å². The predicted molar refractivity (Wildman–Crippen MR) is 92.1 cm³/mol. The summed E-state index contributed by atoms with van der Waals surface area (Å²) in [5.41, 5.74) is 0.629. The van der Waals surface area contributed by atoms with Crippen LogP contribution in [-0.4, -0.2) is 20.9 Å². The number of nitrogens with zero attached hydrogens (tertiary/aromatic N) is 1. The van der Waals surface area contributed by atoms with Gasteiger partial charge in [-0.1, -0.05) is 12.1 Å². The Hall–Kier alpha value is -3.13. The van der Waals surface area contributed by atoms with Crippen molar-refractivity contribution in [1.82, 2.24) is 0 Å². The second-order valence-electron chi connectivity index (χ2n) is 5.53. The number of hydrogen-bond donors (Lipinski definition) is 1. The van der Waals surface area contributed by atoms with Gasteiger partial charge in [-0.15, -0.1) is 0 Å². The standard InChI is InChI=1S/C17H12N2O5S/c20-16-10-19(14-4-2-1-3-13(14)18-16)25(22,23)12-6-7-15-11(9-12)5-8-17(21)24-15/h1-9H,10H2,(H,18,20). The number of fused-ring (bicyclic) bond motifs is 2. The quantitative estimate of drug-likeness (QED) is 0.708. The van der Waals surface area contributed by atoms with E-state index in [1.165, 1.54) is 30.3 Å². The number of rotatable bonds is 2. The highest BCUT2D eigenvalue weighted by atomic mass is 32.2. The SMILES string of the molecule is O=C1CN(S(=O)(=O)c2ccc3oc(=O)ccc3c2)c2ccccc2N1. The van der Waals surface area contributed by atoms with E-state index in [1.807, 2.05) is 0 Å². The van der Waals surface area contributed by atoms with Crippen LogP contribution in [0.4, 0.5) is 11.4 Å². The van der Waals surface area contributed by atoms with Gasteiger partial charge >= 0.3 is 5.63 Å². The third-order valence-corrected chi connectivity index (χ3v) is 5.67. The molecule has 0 saturated carbocycles. The molecular formula is C17H12N2O5S. The van der Waals surface area contributed by atoms with Crippen molar-refractivity contribution in [3.05, 3.63) is 65.0 Å². The first-order valence-corrected chi connectivity index (χ1v) is 8.85. The van der Waals surface area contributed by atoms with Gasteiger partial charge in [0, 0.05) is 11.5 Å². The monoisotopic (exact) mass is 356 g/mol. The van der Waals surface area contributed by atoms with Crippen LogP contribution in [0.1, 0.15) is 0 Å². The van der Waals surface area contributed by atoms with Crippen molar-refractivity contribution < 1.29 is 17.6 Å². The Morgan fingerprint density at radius 3 is 2.64 bits per heavy atom. The first-order valence-electron chi connectivity index (χ1n) is 7.41. The van der Waals surface area contributed by atoms with Crippen molar-refractivity contribution in [1.29, 1.82) is 0 Å². The maximum absolute atomic E-state index is 13.1. The van der Waals surface area contributed by atoms with Gasteiger partial charge in [-0.2, -0.15) is 0 Å². The van der Waals surface area contributed by atoms with E-state index in [-0.39, 0.29) is 11.4 Å². The lowest BCUT2D eigenvalue weighted by Crippen LogP contribution is -2.42. The molecule has 0 bridgehead atoms. The molecule has 2 heterocycles. The van der Waals surface area contributed by atoms with Gasteiger partial charge in [0.15, 0.2) is 0 Å². The second-order valence-corrected chi connectivity index (χ2v) is 7.39. The van der Waals surface area contributed by atoms with Gasteiger partial charge in [-0.05, 0) is 36.4 Å². The smallest absolute Gasteiger partial charge is 0.336 e. The van der Waals surface area contributed by atoms with E-state index in [2.05, 4.69) is 5.32 Å². The minimum atomic E-state index is -3.96. The van der Waals surface area contributed by atoms with E-state index in [1.54, 1.807) is 24.3 Å². The van der Waals surface area contributed by atoms with Crippen molar-refractivity contribution in [3.63, 3.8) is 0 Å². The molecule has 8 heteroatoms. The van der Waals surface area contributed by atoms with Crippen LogP contribution >= 0.6 is 0 Å². The first-order chi connectivity index (χ1) is 11.9. The van der Waals surface area contributed by atoms with E-state index < -0.39 is 21.6 Å². The third kappa shape index (κ3) is 2.56. The zero-order valence-corrected chi connectivity index (χ0v) is 13.6. The minimum absolute atomic E-state index is 0.0124. The highest BCUT2D eigenvalue weighted by Gasteiger charge is 2.32. The molecule has 25 heavy (non-hydrogen) atoms. The second kappa shape index (κ2) is 5.45. The summed E-state index contributed by atoms with van der Waals surface area (Å²) < 4.78 is 32.2. The molecule has 0 spiro atoms. The van der Waals surface area contributed by atoms with E-state index in [0.717, 1.165) is 4.31 Å². The average molecular weight is 356 g/mol. The van der Waals surface area contributed by atoms with Gasteiger partial charge in [0.25, 0.3) is 10.0 Å². The fourth-order valence-electron chi connectivity index (χ4n) is 2.75. The Kier molecular flexibility index (Phi) is 3.36.